The van der Waals surface area contributed by atoms with Crippen LogP contribution in [0.2, 0.25) is 5.02 Å². The van der Waals surface area contributed by atoms with E-state index in [1.807, 2.05) is 55.5 Å². The largest absolute Gasteiger partial charge is 0.488 e. The van der Waals surface area contributed by atoms with Crippen molar-refractivity contribution in [3.05, 3.63) is 118 Å². The quantitative estimate of drug-likeness (QED) is 0.148. The van der Waals surface area contributed by atoms with Crippen molar-refractivity contribution in [2.45, 2.75) is 39.1 Å². The first-order valence-electron chi connectivity index (χ1n) is 14.2. The maximum atomic E-state index is 11.7. The number of carboxylic acids is 1. The molecule has 9 nitrogen and oxygen atoms in total. The minimum absolute atomic E-state index is 0.0368. The molecule has 3 N–H and O–H groups in total. The highest BCUT2D eigenvalue weighted by molar-refractivity contribution is 6.32. The number of nitrogens with one attached hydrogen (secondary N) is 1. The monoisotopic (exact) mass is 622 g/mol. The molecule has 5 rings (SSSR count). The third-order valence-electron chi connectivity index (χ3n) is 7.59. The van der Waals surface area contributed by atoms with Crippen molar-refractivity contribution >= 4 is 28.5 Å². The molecule has 0 aliphatic carbocycles. The third-order valence-corrected chi connectivity index (χ3v) is 7.89. The topological polar surface area (TPSA) is 138 Å². The Morgan fingerprint density at radius 2 is 1.80 bits per heavy atom. The summed E-state index contributed by atoms with van der Waals surface area (Å²) < 4.78 is 12.3. The standard InChI is InChI=1S/C35H31ClN4O5/c1-22-26(7-5-8-28(22)31-11-10-25-6-3-4-9-30(25)40-31)20-45-33-14-32(44-19-24-12-23(15-37)16-38-17-24)27(13-29(33)36)18-39-35(2,21-41)34(42)43/h3-14,16-17,39,41H,18-21H2,1-2H3,(H,42,43). The predicted molar refractivity (Wildman–Crippen MR) is 171 cm³/mol. The fraction of sp³-hybridized carbons (Fsp3) is 0.200. The molecule has 0 spiro atoms. The SMILES string of the molecule is Cc1c(COc2cc(OCc3cncc(C#N)c3)c(CNC(C)(CO)C(=O)O)cc2Cl)cccc1-c1ccc2ccccc2n1. The molecule has 0 fully saturated rings. The first kappa shape index (κ1) is 31.4. The number of halogens is 1. The van der Waals surface area contributed by atoms with Gasteiger partial charge in [0.25, 0.3) is 0 Å². The zero-order chi connectivity index (χ0) is 32.0. The second-order valence-corrected chi connectivity index (χ2v) is 11.2. The fourth-order valence-electron chi connectivity index (χ4n) is 4.73. The number of hydrogen-bond acceptors (Lipinski definition) is 8. The highest BCUT2D eigenvalue weighted by Gasteiger charge is 2.32. The van der Waals surface area contributed by atoms with Crippen LogP contribution >= 0.6 is 11.6 Å². The lowest BCUT2D eigenvalue weighted by molar-refractivity contribution is -0.145. The molecule has 2 aromatic heterocycles. The van der Waals surface area contributed by atoms with Gasteiger partial charge in [-0.2, -0.15) is 5.26 Å². The molecular formula is C35H31ClN4O5. The van der Waals surface area contributed by atoms with Crippen LogP contribution in [-0.2, 0) is 24.6 Å². The molecule has 0 saturated carbocycles. The molecule has 2 heterocycles. The van der Waals surface area contributed by atoms with E-state index in [-0.39, 0.29) is 19.8 Å². The Hall–Kier alpha value is -5.01. The number of aliphatic carboxylic acids is 1. The van der Waals surface area contributed by atoms with Gasteiger partial charge in [-0.25, -0.2) is 4.98 Å². The number of aliphatic hydroxyl groups is 1. The number of nitriles is 1. The summed E-state index contributed by atoms with van der Waals surface area (Å²) in [7, 11) is 0. The van der Waals surface area contributed by atoms with E-state index in [0.29, 0.717) is 33.2 Å². The van der Waals surface area contributed by atoms with Crippen molar-refractivity contribution in [2.24, 2.45) is 0 Å². The van der Waals surface area contributed by atoms with Crippen molar-refractivity contribution in [1.82, 2.24) is 15.3 Å². The summed E-state index contributed by atoms with van der Waals surface area (Å²) in [5.74, 6) is -0.439. The maximum absolute atomic E-state index is 11.7. The van der Waals surface area contributed by atoms with E-state index in [2.05, 4.69) is 22.4 Å². The Morgan fingerprint density at radius 1 is 1.00 bits per heavy atom. The van der Waals surface area contributed by atoms with Crippen LogP contribution in [0.25, 0.3) is 22.2 Å². The van der Waals surface area contributed by atoms with Crippen molar-refractivity contribution in [3.8, 4) is 28.8 Å². The maximum Gasteiger partial charge on any atom is 0.326 e. The molecule has 0 bridgehead atoms. The molecule has 1 unspecified atom stereocenters. The Kier molecular flexibility index (Phi) is 9.59. The van der Waals surface area contributed by atoms with Crippen molar-refractivity contribution < 1.29 is 24.5 Å². The van der Waals surface area contributed by atoms with Crippen LogP contribution in [0.5, 0.6) is 11.5 Å². The molecule has 5 aromatic rings. The molecule has 45 heavy (non-hydrogen) atoms. The zero-order valence-corrected chi connectivity index (χ0v) is 25.5. The van der Waals surface area contributed by atoms with Crippen LogP contribution in [0.1, 0.15) is 34.7 Å². The average Bonchev–Trinajstić information content (AvgIpc) is 3.06. The van der Waals surface area contributed by atoms with E-state index in [9.17, 15) is 20.3 Å². The molecule has 228 valence electrons. The second-order valence-electron chi connectivity index (χ2n) is 10.8. The molecule has 0 aliphatic rings. The number of fused-ring (bicyclic) bond motifs is 1. The molecule has 3 aromatic carbocycles. The lowest BCUT2D eigenvalue weighted by Gasteiger charge is -2.25. The van der Waals surface area contributed by atoms with Crippen LogP contribution < -0.4 is 14.8 Å². The molecule has 0 radical (unpaired) electrons. The second kappa shape index (κ2) is 13.7. The normalized spacial score (nSPS) is 12.3. The van der Waals surface area contributed by atoms with Crippen molar-refractivity contribution in [1.29, 1.82) is 5.26 Å². The highest BCUT2D eigenvalue weighted by Crippen LogP contribution is 2.35. The van der Waals surface area contributed by atoms with Crippen LogP contribution in [0.3, 0.4) is 0 Å². The number of nitrogens with zero attached hydrogens (tertiary/aromatic N) is 3. The number of hydrogen-bond donors (Lipinski definition) is 3. The number of aliphatic hydroxyl groups excluding tert-OH is 1. The van der Waals surface area contributed by atoms with Crippen LogP contribution in [0.4, 0.5) is 0 Å². The lowest BCUT2D eigenvalue weighted by Crippen LogP contribution is -2.52. The van der Waals surface area contributed by atoms with Crippen molar-refractivity contribution in [2.75, 3.05) is 6.61 Å². The van der Waals surface area contributed by atoms with Crippen LogP contribution in [0, 0.1) is 18.3 Å². The summed E-state index contributed by atoms with van der Waals surface area (Å²) in [5, 5.41) is 32.7. The lowest BCUT2D eigenvalue weighted by atomic mass is 9.99. The molecule has 0 aliphatic heterocycles. The van der Waals surface area contributed by atoms with E-state index in [0.717, 1.165) is 33.3 Å². The number of carbonyl (C=O) groups is 1. The number of ether oxygens (including phenoxy) is 2. The minimum atomic E-state index is -1.58. The van der Waals surface area contributed by atoms with Gasteiger partial charge in [-0.3, -0.25) is 15.1 Å². The highest BCUT2D eigenvalue weighted by atomic mass is 35.5. The Morgan fingerprint density at radius 3 is 2.58 bits per heavy atom. The molecule has 0 amide bonds. The summed E-state index contributed by atoms with van der Waals surface area (Å²) in [4.78, 5) is 20.7. The summed E-state index contributed by atoms with van der Waals surface area (Å²) in [6.45, 7) is 3.15. The van der Waals surface area contributed by atoms with E-state index >= 15 is 0 Å². The summed E-state index contributed by atoms with van der Waals surface area (Å²) in [6.07, 6.45) is 3.06. The van der Waals surface area contributed by atoms with Gasteiger partial charge >= 0.3 is 5.97 Å². The number of rotatable bonds is 12. The molecule has 1 atom stereocenters. The van der Waals surface area contributed by atoms with Gasteiger partial charge in [-0.15, -0.1) is 0 Å². The Labute approximate surface area is 265 Å². The van der Waals surface area contributed by atoms with Crippen molar-refractivity contribution in [3.63, 3.8) is 0 Å². The van der Waals surface area contributed by atoms with Gasteiger partial charge in [0.15, 0.2) is 0 Å². The Bertz CT molecular complexity index is 1910. The van der Waals surface area contributed by atoms with Gasteiger partial charge in [0.1, 0.15) is 36.3 Å². The van der Waals surface area contributed by atoms with E-state index in [1.54, 1.807) is 24.4 Å². The number of pyridine rings is 2. The molecular weight excluding hydrogens is 592 g/mol. The third kappa shape index (κ3) is 7.21. The summed E-state index contributed by atoms with van der Waals surface area (Å²) in [5.41, 5.74) is 4.80. The van der Waals surface area contributed by atoms with Crippen LogP contribution in [0.15, 0.2) is 85.2 Å². The first-order valence-corrected chi connectivity index (χ1v) is 14.5. The minimum Gasteiger partial charge on any atom is -0.488 e. The smallest absolute Gasteiger partial charge is 0.326 e. The fourth-order valence-corrected chi connectivity index (χ4v) is 4.97. The van der Waals surface area contributed by atoms with E-state index in [4.69, 9.17) is 26.1 Å². The summed E-state index contributed by atoms with van der Waals surface area (Å²) >= 11 is 6.66. The van der Waals surface area contributed by atoms with Gasteiger partial charge in [0.2, 0.25) is 0 Å². The molecule has 10 heteroatoms. The van der Waals surface area contributed by atoms with Gasteiger partial charge in [-0.1, -0.05) is 54.1 Å². The number of aromatic nitrogens is 2. The van der Waals surface area contributed by atoms with Crippen LogP contribution in [-0.4, -0.2) is 38.3 Å². The van der Waals surface area contributed by atoms with Gasteiger partial charge < -0.3 is 19.7 Å². The van der Waals surface area contributed by atoms with Gasteiger partial charge in [0.05, 0.1) is 28.4 Å². The Balaban J connectivity index is 1.40. The first-order chi connectivity index (χ1) is 21.7. The number of benzene rings is 3. The van der Waals surface area contributed by atoms with E-state index < -0.39 is 18.1 Å². The van der Waals surface area contributed by atoms with Gasteiger partial charge in [0, 0.05) is 47.1 Å². The average molecular weight is 623 g/mol. The van der Waals surface area contributed by atoms with Gasteiger partial charge in [-0.05, 0) is 49.2 Å². The number of carboxylic acid groups (broad SMARTS) is 1. The predicted octanol–water partition coefficient (Wildman–Crippen LogP) is 6.21. The summed E-state index contributed by atoms with van der Waals surface area (Å²) in [6, 6.07) is 25.1. The molecule has 0 saturated heterocycles. The van der Waals surface area contributed by atoms with E-state index in [1.165, 1.54) is 13.1 Å². The number of para-hydroxylation sites is 1. The zero-order valence-electron chi connectivity index (χ0n) is 24.8.